The van der Waals surface area contributed by atoms with Gasteiger partial charge in [-0.1, -0.05) is 49.7 Å². The van der Waals surface area contributed by atoms with Crippen molar-refractivity contribution in [3.05, 3.63) is 65.2 Å². The van der Waals surface area contributed by atoms with E-state index in [2.05, 4.69) is 12.4 Å². The molecule has 2 aromatic rings. The molecule has 5 heteroatoms. The SMILES string of the molecule is CCCCONC(=O)c1cc(OCc2ccccc2)ccc1CCCl. The number of unbranched alkanes of at least 4 members (excludes halogenated alkanes) is 1. The van der Waals surface area contributed by atoms with Crippen LogP contribution in [0.1, 0.15) is 41.3 Å². The lowest BCUT2D eigenvalue weighted by atomic mass is 10.0. The highest BCUT2D eigenvalue weighted by Gasteiger charge is 2.13. The predicted octanol–water partition coefficient (Wildman–Crippen LogP) is 4.51. The first-order valence-electron chi connectivity index (χ1n) is 8.52. The molecule has 1 N–H and O–H groups in total. The molecule has 0 aliphatic heterocycles. The van der Waals surface area contributed by atoms with Crippen LogP contribution in [0.2, 0.25) is 0 Å². The van der Waals surface area contributed by atoms with Crippen LogP contribution < -0.4 is 10.2 Å². The van der Waals surface area contributed by atoms with E-state index >= 15 is 0 Å². The summed E-state index contributed by atoms with van der Waals surface area (Å²) in [6.07, 6.45) is 2.52. The van der Waals surface area contributed by atoms with Gasteiger partial charge in [0, 0.05) is 11.4 Å². The fourth-order valence-electron chi connectivity index (χ4n) is 2.31. The Balaban J connectivity index is 2.05. The van der Waals surface area contributed by atoms with Crippen LogP contribution in [0.4, 0.5) is 0 Å². The molecule has 0 saturated carbocycles. The maximum atomic E-state index is 12.4. The van der Waals surface area contributed by atoms with Gasteiger partial charge in [-0.25, -0.2) is 5.48 Å². The normalized spacial score (nSPS) is 10.5. The Labute approximate surface area is 154 Å². The quantitative estimate of drug-likeness (QED) is 0.385. The van der Waals surface area contributed by atoms with E-state index in [4.69, 9.17) is 21.2 Å². The van der Waals surface area contributed by atoms with Crippen LogP contribution in [0.3, 0.4) is 0 Å². The van der Waals surface area contributed by atoms with Crippen LogP contribution in [0.5, 0.6) is 5.75 Å². The molecule has 0 aromatic heterocycles. The Morgan fingerprint density at radius 3 is 2.68 bits per heavy atom. The molecule has 2 rings (SSSR count). The minimum Gasteiger partial charge on any atom is -0.489 e. The van der Waals surface area contributed by atoms with Crippen LogP contribution in [-0.2, 0) is 17.9 Å². The first kappa shape index (κ1) is 19.3. The van der Waals surface area contributed by atoms with Crippen LogP contribution in [0, 0.1) is 0 Å². The molecular weight excluding hydrogens is 338 g/mol. The van der Waals surface area contributed by atoms with Crippen molar-refractivity contribution in [1.82, 2.24) is 5.48 Å². The van der Waals surface area contributed by atoms with E-state index in [-0.39, 0.29) is 5.91 Å². The molecule has 0 unspecified atom stereocenters. The Kier molecular flexibility index (Phi) is 8.29. The summed E-state index contributed by atoms with van der Waals surface area (Å²) in [5, 5.41) is 0. The number of carbonyl (C=O) groups excluding carboxylic acids is 1. The molecule has 0 radical (unpaired) electrons. The molecule has 134 valence electrons. The highest BCUT2D eigenvalue weighted by molar-refractivity contribution is 6.18. The van der Waals surface area contributed by atoms with Crippen molar-refractivity contribution in [2.24, 2.45) is 0 Å². The highest BCUT2D eigenvalue weighted by Crippen LogP contribution is 2.20. The number of alkyl halides is 1. The first-order chi connectivity index (χ1) is 12.2. The molecule has 0 aliphatic carbocycles. The van der Waals surface area contributed by atoms with E-state index in [0.717, 1.165) is 24.0 Å². The van der Waals surface area contributed by atoms with E-state index in [1.54, 1.807) is 6.07 Å². The zero-order chi connectivity index (χ0) is 17.9. The third-order valence-corrected chi connectivity index (χ3v) is 3.89. The van der Waals surface area contributed by atoms with Gasteiger partial charge >= 0.3 is 0 Å². The van der Waals surface area contributed by atoms with E-state index in [1.807, 2.05) is 42.5 Å². The number of carbonyl (C=O) groups is 1. The van der Waals surface area contributed by atoms with Crippen molar-refractivity contribution >= 4 is 17.5 Å². The zero-order valence-corrected chi connectivity index (χ0v) is 15.2. The number of amides is 1. The third kappa shape index (κ3) is 6.40. The second-order valence-corrected chi connectivity index (χ2v) is 6.04. The zero-order valence-electron chi connectivity index (χ0n) is 14.5. The number of benzene rings is 2. The lowest BCUT2D eigenvalue weighted by molar-refractivity contribution is 0.0301. The second kappa shape index (κ2) is 10.7. The van der Waals surface area contributed by atoms with Crippen molar-refractivity contribution in [3.63, 3.8) is 0 Å². The van der Waals surface area contributed by atoms with Gasteiger partial charge in [-0.15, -0.1) is 11.6 Å². The molecule has 2 aromatic carbocycles. The van der Waals surface area contributed by atoms with Crippen LogP contribution in [-0.4, -0.2) is 18.4 Å². The van der Waals surface area contributed by atoms with Gasteiger partial charge in [0.25, 0.3) is 5.91 Å². The van der Waals surface area contributed by atoms with Gasteiger partial charge in [0.05, 0.1) is 6.61 Å². The molecule has 1 amide bonds. The number of aryl methyl sites for hydroxylation is 1. The fraction of sp³-hybridized carbons (Fsp3) is 0.350. The number of hydrogen-bond donors (Lipinski definition) is 1. The van der Waals surface area contributed by atoms with Crippen LogP contribution >= 0.6 is 11.6 Å². The van der Waals surface area contributed by atoms with Crippen molar-refractivity contribution in [2.75, 3.05) is 12.5 Å². The molecule has 25 heavy (non-hydrogen) atoms. The van der Waals surface area contributed by atoms with Gasteiger partial charge in [0.15, 0.2) is 0 Å². The largest absolute Gasteiger partial charge is 0.489 e. The minimum atomic E-state index is -0.276. The first-order valence-corrected chi connectivity index (χ1v) is 9.05. The molecule has 0 saturated heterocycles. The molecule has 0 fully saturated rings. The van der Waals surface area contributed by atoms with E-state index in [1.165, 1.54) is 0 Å². The topological polar surface area (TPSA) is 47.6 Å². The standard InChI is InChI=1S/C20H24ClNO3/c1-2-3-13-25-22-20(23)19-14-18(10-9-17(19)11-12-21)24-15-16-7-5-4-6-8-16/h4-10,14H,2-3,11-13,15H2,1H3,(H,22,23). The van der Waals surface area contributed by atoms with Gasteiger partial charge < -0.3 is 4.74 Å². The molecule has 0 aliphatic rings. The van der Waals surface area contributed by atoms with Crippen molar-refractivity contribution < 1.29 is 14.4 Å². The molecule has 0 spiro atoms. The Morgan fingerprint density at radius 1 is 1.16 bits per heavy atom. The molecule has 0 atom stereocenters. The van der Waals surface area contributed by atoms with Crippen molar-refractivity contribution in [1.29, 1.82) is 0 Å². The summed E-state index contributed by atoms with van der Waals surface area (Å²) in [5.74, 6) is 0.809. The number of hydroxylamine groups is 1. The van der Waals surface area contributed by atoms with E-state index in [9.17, 15) is 4.79 Å². The summed E-state index contributed by atoms with van der Waals surface area (Å²) >= 11 is 5.85. The van der Waals surface area contributed by atoms with Gasteiger partial charge in [-0.2, -0.15) is 0 Å². The summed E-state index contributed by atoms with van der Waals surface area (Å²) in [4.78, 5) is 17.6. The number of nitrogens with one attached hydrogen (secondary N) is 1. The number of ether oxygens (including phenoxy) is 1. The van der Waals surface area contributed by atoms with Crippen LogP contribution in [0.25, 0.3) is 0 Å². The summed E-state index contributed by atoms with van der Waals surface area (Å²) < 4.78 is 5.81. The van der Waals surface area contributed by atoms with Gasteiger partial charge in [0.2, 0.25) is 0 Å². The summed E-state index contributed by atoms with van der Waals surface area (Å²) in [5.41, 5.74) is 4.97. The predicted molar refractivity (Wildman–Crippen MR) is 100.0 cm³/mol. The Bertz CT molecular complexity index is 661. The molecule has 0 heterocycles. The number of rotatable bonds is 10. The third-order valence-electron chi connectivity index (χ3n) is 3.70. The molecular formula is C20H24ClNO3. The summed E-state index contributed by atoms with van der Waals surface area (Å²) in [6.45, 7) is 3.01. The highest BCUT2D eigenvalue weighted by atomic mass is 35.5. The number of hydrogen-bond acceptors (Lipinski definition) is 3. The average molecular weight is 362 g/mol. The summed E-state index contributed by atoms with van der Waals surface area (Å²) in [6, 6.07) is 15.4. The summed E-state index contributed by atoms with van der Waals surface area (Å²) in [7, 11) is 0. The smallest absolute Gasteiger partial charge is 0.275 e. The number of halogens is 1. The Morgan fingerprint density at radius 2 is 1.96 bits per heavy atom. The fourth-order valence-corrected chi connectivity index (χ4v) is 2.51. The maximum absolute atomic E-state index is 12.4. The van der Waals surface area contributed by atoms with Gasteiger partial charge in [0.1, 0.15) is 12.4 Å². The van der Waals surface area contributed by atoms with Gasteiger partial charge in [-0.05, 0) is 36.1 Å². The van der Waals surface area contributed by atoms with E-state index < -0.39 is 0 Å². The Hall–Kier alpha value is -2.04. The monoisotopic (exact) mass is 361 g/mol. The second-order valence-electron chi connectivity index (χ2n) is 5.67. The average Bonchev–Trinajstić information content (AvgIpc) is 2.65. The van der Waals surface area contributed by atoms with E-state index in [0.29, 0.717) is 36.8 Å². The minimum absolute atomic E-state index is 0.276. The van der Waals surface area contributed by atoms with Crippen molar-refractivity contribution in [2.45, 2.75) is 32.8 Å². The maximum Gasteiger partial charge on any atom is 0.275 e. The van der Waals surface area contributed by atoms with Crippen molar-refractivity contribution in [3.8, 4) is 5.75 Å². The van der Waals surface area contributed by atoms with Gasteiger partial charge in [-0.3, -0.25) is 9.63 Å². The molecule has 0 bridgehead atoms. The lowest BCUT2D eigenvalue weighted by Gasteiger charge is -2.12. The van der Waals surface area contributed by atoms with Crippen LogP contribution in [0.15, 0.2) is 48.5 Å². The molecule has 4 nitrogen and oxygen atoms in total. The lowest BCUT2D eigenvalue weighted by Crippen LogP contribution is -2.25.